The number of imidazole rings is 1. The van der Waals surface area contributed by atoms with Gasteiger partial charge in [0, 0.05) is 33.3 Å². The Labute approximate surface area is 173 Å². The molecule has 0 aliphatic heterocycles. The van der Waals surface area contributed by atoms with Gasteiger partial charge in [0.05, 0.1) is 17.6 Å². The molecule has 0 atom stereocenters. The highest BCUT2D eigenvalue weighted by molar-refractivity contribution is 5.79. The van der Waals surface area contributed by atoms with Crippen molar-refractivity contribution >= 4 is 17.0 Å². The minimum Gasteiger partial charge on any atom is -0.377 e. The lowest BCUT2D eigenvalue weighted by atomic mass is 10.1. The van der Waals surface area contributed by atoms with E-state index < -0.39 is 0 Å². The van der Waals surface area contributed by atoms with Gasteiger partial charge in [0.2, 0.25) is 0 Å². The first-order chi connectivity index (χ1) is 14.2. The van der Waals surface area contributed by atoms with Crippen LogP contribution in [0.2, 0.25) is 0 Å². The molecule has 0 aliphatic rings. The van der Waals surface area contributed by atoms with Gasteiger partial charge < -0.3 is 19.9 Å². The Balaban J connectivity index is 1.43. The molecule has 0 amide bonds. The molecule has 3 aromatic rings. The third-order valence-electron chi connectivity index (χ3n) is 4.88. The van der Waals surface area contributed by atoms with Crippen LogP contribution in [0.3, 0.4) is 0 Å². The van der Waals surface area contributed by atoms with Gasteiger partial charge in [-0.2, -0.15) is 0 Å². The topological polar surface area (TPSA) is 63.5 Å². The Hall–Kier alpha value is -2.86. The smallest absolute Gasteiger partial charge is 0.191 e. The van der Waals surface area contributed by atoms with E-state index in [1.165, 1.54) is 16.6 Å². The average Bonchev–Trinajstić information content (AvgIpc) is 3.07. The molecule has 1 aromatic heterocycles. The third-order valence-corrected chi connectivity index (χ3v) is 4.88. The number of benzene rings is 2. The average molecular weight is 394 g/mol. The van der Waals surface area contributed by atoms with Gasteiger partial charge in [-0.3, -0.25) is 4.99 Å². The van der Waals surface area contributed by atoms with Crippen LogP contribution in [0.15, 0.2) is 53.5 Å². The van der Waals surface area contributed by atoms with Gasteiger partial charge in [0.1, 0.15) is 5.82 Å². The highest BCUT2D eigenvalue weighted by Crippen LogP contribution is 2.15. The second-order valence-electron chi connectivity index (χ2n) is 6.96. The van der Waals surface area contributed by atoms with Crippen LogP contribution in [0.25, 0.3) is 11.0 Å². The number of ether oxygens (including phenoxy) is 1. The highest BCUT2D eigenvalue weighted by atomic mass is 16.5. The number of hydrogen-bond acceptors (Lipinski definition) is 3. The molecule has 1 heterocycles. The molecule has 3 rings (SSSR count). The zero-order valence-corrected chi connectivity index (χ0v) is 17.6. The summed E-state index contributed by atoms with van der Waals surface area (Å²) in [6.45, 7) is 7.99. The van der Waals surface area contributed by atoms with Crippen molar-refractivity contribution in [1.82, 2.24) is 20.2 Å². The Morgan fingerprint density at radius 3 is 2.59 bits per heavy atom. The van der Waals surface area contributed by atoms with Crippen LogP contribution in [0.5, 0.6) is 0 Å². The van der Waals surface area contributed by atoms with Crippen molar-refractivity contribution < 1.29 is 4.74 Å². The first kappa shape index (κ1) is 20.9. The van der Waals surface area contributed by atoms with Gasteiger partial charge in [0.15, 0.2) is 5.96 Å². The Morgan fingerprint density at radius 1 is 1.07 bits per heavy atom. The van der Waals surface area contributed by atoms with Gasteiger partial charge in [-0.05, 0) is 43.5 Å². The summed E-state index contributed by atoms with van der Waals surface area (Å²) in [6, 6.07) is 16.8. The molecule has 0 unspecified atom stereocenters. The molecule has 0 saturated heterocycles. The number of nitrogens with zero attached hydrogens (tertiary/aromatic N) is 3. The van der Waals surface area contributed by atoms with Crippen LogP contribution in [-0.2, 0) is 24.4 Å². The van der Waals surface area contributed by atoms with Crippen LogP contribution >= 0.6 is 0 Å². The third kappa shape index (κ3) is 5.81. The molecule has 0 aliphatic carbocycles. The number of aliphatic imine (C=N–C) groups is 1. The first-order valence-corrected chi connectivity index (χ1v) is 10.2. The minimum atomic E-state index is 0.666. The first-order valence-electron chi connectivity index (χ1n) is 10.2. The van der Waals surface area contributed by atoms with Crippen molar-refractivity contribution in [1.29, 1.82) is 0 Å². The maximum Gasteiger partial charge on any atom is 0.191 e. The van der Waals surface area contributed by atoms with Gasteiger partial charge in [-0.1, -0.05) is 36.4 Å². The summed E-state index contributed by atoms with van der Waals surface area (Å²) in [7, 11) is 1.80. The molecule has 29 heavy (non-hydrogen) atoms. The van der Waals surface area contributed by atoms with Crippen molar-refractivity contribution in [2.24, 2.45) is 4.99 Å². The molecule has 6 nitrogen and oxygen atoms in total. The molecular formula is C23H31N5O. The Bertz CT molecular complexity index is 930. The number of nitrogens with one attached hydrogen (secondary N) is 2. The van der Waals surface area contributed by atoms with E-state index in [0.29, 0.717) is 6.61 Å². The number of rotatable bonds is 9. The van der Waals surface area contributed by atoms with Crippen LogP contribution in [0.4, 0.5) is 0 Å². The summed E-state index contributed by atoms with van der Waals surface area (Å²) < 4.78 is 7.71. The molecule has 0 saturated carbocycles. The van der Waals surface area contributed by atoms with Crippen LogP contribution in [-0.4, -0.2) is 35.7 Å². The van der Waals surface area contributed by atoms with E-state index in [2.05, 4.69) is 74.6 Å². The monoisotopic (exact) mass is 393 g/mol. The predicted octanol–water partition coefficient (Wildman–Crippen LogP) is 3.64. The van der Waals surface area contributed by atoms with Crippen molar-refractivity contribution in [3.8, 4) is 0 Å². The molecule has 0 bridgehead atoms. The standard InChI is InChI=1S/C23H31N5O/c1-4-29-17-20-12-10-19(11-13-20)16-26-23(24-3)25-14-7-15-28-18(2)27-21-8-5-6-9-22(21)28/h5-6,8-13H,4,7,14-17H2,1-3H3,(H2,24,25,26). The highest BCUT2D eigenvalue weighted by Gasteiger charge is 2.06. The van der Waals surface area contributed by atoms with E-state index in [1.54, 1.807) is 7.05 Å². The zero-order valence-electron chi connectivity index (χ0n) is 17.6. The number of aromatic nitrogens is 2. The normalized spacial score (nSPS) is 11.8. The summed E-state index contributed by atoms with van der Waals surface area (Å²) in [5.41, 5.74) is 4.66. The molecule has 0 fully saturated rings. The predicted molar refractivity (Wildman–Crippen MR) is 119 cm³/mol. The fourth-order valence-corrected chi connectivity index (χ4v) is 3.30. The SMILES string of the molecule is CCOCc1ccc(CNC(=NC)NCCCn2c(C)nc3ccccc32)cc1. The van der Waals surface area contributed by atoms with Crippen molar-refractivity contribution in [3.63, 3.8) is 0 Å². The second kappa shape index (κ2) is 10.6. The number of fused-ring (bicyclic) bond motifs is 1. The van der Waals surface area contributed by atoms with E-state index in [-0.39, 0.29) is 0 Å². The summed E-state index contributed by atoms with van der Waals surface area (Å²) >= 11 is 0. The lowest BCUT2D eigenvalue weighted by molar-refractivity contribution is 0.134. The zero-order chi connectivity index (χ0) is 20.5. The maximum absolute atomic E-state index is 5.44. The lowest BCUT2D eigenvalue weighted by Crippen LogP contribution is -2.37. The van der Waals surface area contributed by atoms with Crippen LogP contribution in [0, 0.1) is 6.92 Å². The fourth-order valence-electron chi connectivity index (χ4n) is 3.30. The minimum absolute atomic E-state index is 0.666. The van der Waals surface area contributed by atoms with Gasteiger partial charge >= 0.3 is 0 Å². The second-order valence-corrected chi connectivity index (χ2v) is 6.96. The molecular weight excluding hydrogens is 362 g/mol. The number of hydrogen-bond donors (Lipinski definition) is 2. The molecule has 2 aromatic carbocycles. The van der Waals surface area contributed by atoms with Crippen molar-refractivity contribution in [2.45, 2.75) is 40.0 Å². The lowest BCUT2D eigenvalue weighted by Gasteiger charge is -2.13. The van der Waals surface area contributed by atoms with E-state index >= 15 is 0 Å². The summed E-state index contributed by atoms with van der Waals surface area (Å²) in [5.74, 6) is 1.87. The van der Waals surface area contributed by atoms with Gasteiger partial charge in [0.25, 0.3) is 0 Å². The van der Waals surface area contributed by atoms with Crippen molar-refractivity contribution in [3.05, 3.63) is 65.5 Å². The quantitative estimate of drug-likeness (QED) is 0.331. The van der Waals surface area contributed by atoms with E-state index in [0.717, 1.165) is 50.0 Å². The largest absolute Gasteiger partial charge is 0.377 e. The van der Waals surface area contributed by atoms with Gasteiger partial charge in [-0.15, -0.1) is 0 Å². The van der Waals surface area contributed by atoms with E-state index in [4.69, 9.17) is 4.74 Å². The molecule has 154 valence electrons. The molecule has 0 radical (unpaired) electrons. The summed E-state index contributed by atoms with van der Waals surface area (Å²) in [6.07, 6.45) is 0.994. The van der Waals surface area contributed by atoms with E-state index in [1.807, 2.05) is 13.0 Å². The van der Waals surface area contributed by atoms with Crippen LogP contribution in [0.1, 0.15) is 30.3 Å². The summed E-state index contributed by atoms with van der Waals surface area (Å²) in [5, 5.41) is 6.77. The summed E-state index contributed by atoms with van der Waals surface area (Å²) in [4.78, 5) is 8.95. The number of guanidine groups is 1. The molecule has 6 heteroatoms. The van der Waals surface area contributed by atoms with Gasteiger partial charge in [-0.25, -0.2) is 4.98 Å². The fraction of sp³-hybridized carbons (Fsp3) is 0.391. The molecule has 0 spiro atoms. The Morgan fingerprint density at radius 2 is 1.83 bits per heavy atom. The maximum atomic E-state index is 5.44. The number of para-hydroxylation sites is 2. The Kier molecular flexibility index (Phi) is 7.64. The van der Waals surface area contributed by atoms with Crippen LogP contribution < -0.4 is 10.6 Å². The van der Waals surface area contributed by atoms with E-state index in [9.17, 15) is 0 Å². The molecule has 2 N–H and O–H groups in total. The van der Waals surface area contributed by atoms with Crippen molar-refractivity contribution in [2.75, 3.05) is 20.2 Å². The number of aryl methyl sites for hydroxylation is 2.